The first-order valence-electron chi connectivity index (χ1n) is 7.24. The van der Waals surface area contributed by atoms with Crippen molar-refractivity contribution < 1.29 is 23.8 Å². The molecule has 0 radical (unpaired) electrons. The molecule has 6 heteroatoms. The lowest BCUT2D eigenvalue weighted by molar-refractivity contribution is -0.142. The Morgan fingerprint density at radius 2 is 1.91 bits per heavy atom. The molecule has 0 bridgehead atoms. The number of rotatable bonds is 7. The summed E-state index contributed by atoms with van der Waals surface area (Å²) in [5, 5.41) is 2.44. The van der Waals surface area contributed by atoms with Crippen molar-refractivity contribution in [3.05, 3.63) is 48.7 Å². The van der Waals surface area contributed by atoms with E-state index in [1.165, 1.54) is 0 Å². The van der Waals surface area contributed by atoms with Crippen LogP contribution in [0.5, 0.6) is 0 Å². The third kappa shape index (κ3) is 8.01. The first kappa shape index (κ1) is 18.7. The lowest BCUT2D eigenvalue weighted by atomic mass is 10.2. The van der Waals surface area contributed by atoms with Gasteiger partial charge < -0.3 is 19.5 Å². The molecule has 1 amide bonds. The van der Waals surface area contributed by atoms with Crippen molar-refractivity contribution in [1.29, 1.82) is 0 Å². The first-order chi connectivity index (χ1) is 10.8. The van der Waals surface area contributed by atoms with Crippen molar-refractivity contribution in [2.75, 3.05) is 6.61 Å². The van der Waals surface area contributed by atoms with Crippen LogP contribution in [0.3, 0.4) is 0 Å². The van der Waals surface area contributed by atoms with E-state index in [1.807, 2.05) is 30.3 Å². The zero-order valence-corrected chi connectivity index (χ0v) is 13.7. The molecule has 0 saturated carbocycles. The Morgan fingerprint density at radius 1 is 1.26 bits per heavy atom. The molecule has 1 N–H and O–H groups in total. The molecular formula is C17H23NO5. The second-order valence-electron chi connectivity index (χ2n) is 5.80. The van der Waals surface area contributed by atoms with Gasteiger partial charge in [0.2, 0.25) is 0 Å². The van der Waals surface area contributed by atoms with Crippen molar-refractivity contribution >= 4 is 12.1 Å². The largest absolute Gasteiger partial charge is 0.444 e. The minimum atomic E-state index is -0.980. The lowest BCUT2D eigenvalue weighted by Gasteiger charge is -2.22. The van der Waals surface area contributed by atoms with Gasteiger partial charge in [-0.25, -0.2) is 9.59 Å². The smallest absolute Gasteiger partial charge is 0.408 e. The molecule has 0 spiro atoms. The summed E-state index contributed by atoms with van der Waals surface area (Å²) in [5.41, 5.74) is 0.294. The van der Waals surface area contributed by atoms with Crippen molar-refractivity contribution in [2.24, 2.45) is 0 Å². The second-order valence-corrected chi connectivity index (χ2v) is 5.80. The van der Waals surface area contributed by atoms with E-state index in [9.17, 15) is 9.59 Å². The van der Waals surface area contributed by atoms with Crippen LogP contribution in [-0.4, -0.2) is 30.3 Å². The van der Waals surface area contributed by atoms with E-state index >= 15 is 0 Å². The van der Waals surface area contributed by atoms with E-state index in [0.717, 1.165) is 11.8 Å². The summed E-state index contributed by atoms with van der Waals surface area (Å²) in [7, 11) is 0. The van der Waals surface area contributed by atoms with Gasteiger partial charge in [-0.3, -0.25) is 0 Å². The highest BCUT2D eigenvalue weighted by molar-refractivity contribution is 5.81. The average molecular weight is 321 g/mol. The summed E-state index contributed by atoms with van der Waals surface area (Å²) in [5.74, 6) is -0.668. The molecule has 0 aliphatic heterocycles. The summed E-state index contributed by atoms with van der Waals surface area (Å²) >= 11 is 0. The van der Waals surface area contributed by atoms with Gasteiger partial charge in [0.15, 0.2) is 6.04 Å². The molecule has 1 aromatic carbocycles. The number of esters is 1. The second kappa shape index (κ2) is 8.95. The molecule has 6 nitrogen and oxygen atoms in total. The monoisotopic (exact) mass is 321 g/mol. The van der Waals surface area contributed by atoms with E-state index in [0.29, 0.717) is 6.61 Å². The predicted molar refractivity (Wildman–Crippen MR) is 85.5 cm³/mol. The van der Waals surface area contributed by atoms with Crippen LogP contribution in [-0.2, 0) is 25.6 Å². The molecule has 0 fully saturated rings. The normalized spacial score (nSPS) is 12.1. The van der Waals surface area contributed by atoms with Crippen molar-refractivity contribution in [1.82, 2.24) is 5.32 Å². The molecule has 1 aromatic rings. The molecule has 23 heavy (non-hydrogen) atoms. The number of benzene rings is 1. The third-order valence-electron chi connectivity index (χ3n) is 2.57. The Morgan fingerprint density at radius 3 is 2.48 bits per heavy atom. The Balaban J connectivity index is 2.56. The Labute approximate surface area is 136 Å². The van der Waals surface area contributed by atoms with Crippen molar-refractivity contribution in [3.8, 4) is 0 Å². The fourth-order valence-electron chi connectivity index (χ4n) is 1.65. The van der Waals surface area contributed by atoms with Crippen LogP contribution < -0.4 is 5.32 Å². The maximum atomic E-state index is 11.8. The summed E-state index contributed by atoms with van der Waals surface area (Å²) < 4.78 is 15.3. The molecule has 0 aliphatic rings. The zero-order valence-electron chi connectivity index (χ0n) is 13.7. The Hall–Kier alpha value is -2.34. The van der Waals surface area contributed by atoms with Crippen molar-refractivity contribution in [3.63, 3.8) is 0 Å². The predicted octanol–water partition coefficient (Wildman–Crippen LogP) is 2.78. The van der Waals surface area contributed by atoms with Crippen LogP contribution in [0, 0.1) is 0 Å². The SMILES string of the molecule is C=COC(=O)C(COCc1ccccc1)NC(=O)OC(C)(C)C. The molecule has 126 valence electrons. The molecule has 0 saturated heterocycles. The van der Waals surface area contributed by atoms with Gasteiger partial charge in [-0.05, 0) is 26.3 Å². The summed E-state index contributed by atoms with van der Waals surface area (Å²) in [6.07, 6.45) is 0.287. The molecular weight excluding hydrogens is 298 g/mol. The van der Waals surface area contributed by atoms with Gasteiger partial charge in [-0.2, -0.15) is 0 Å². The van der Waals surface area contributed by atoms with Crippen LogP contribution in [0.2, 0.25) is 0 Å². The number of alkyl carbamates (subject to hydrolysis) is 1. The highest BCUT2D eigenvalue weighted by Crippen LogP contribution is 2.07. The zero-order chi connectivity index (χ0) is 17.3. The number of hydrogen-bond acceptors (Lipinski definition) is 5. The average Bonchev–Trinajstić information content (AvgIpc) is 2.45. The topological polar surface area (TPSA) is 73.9 Å². The van der Waals surface area contributed by atoms with Crippen LogP contribution in [0.1, 0.15) is 26.3 Å². The van der Waals surface area contributed by atoms with Gasteiger partial charge in [0.25, 0.3) is 0 Å². The van der Waals surface area contributed by atoms with Crippen LogP contribution in [0.4, 0.5) is 4.79 Å². The minimum absolute atomic E-state index is 0.0409. The molecule has 0 aromatic heterocycles. The van der Waals surface area contributed by atoms with E-state index < -0.39 is 23.7 Å². The lowest BCUT2D eigenvalue weighted by Crippen LogP contribution is -2.46. The van der Waals surface area contributed by atoms with E-state index in [1.54, 1.807) is 20.8 Å². The van der Waals surface area contributed by atoms with Gasteiger partial charge in [-0.15, -0.1) is 0 Å². The van der Waals surface area contributed by atoms with E-state index in [-0.39, 0.29) is 6.61 Å². The van der Waals surface area contributed by atoms with Gasteiger partial charge in [0.1, 0.15) is 5.60 Å². The highest BCUT2D eigenvalue weighted by atomic mass is 16.6. The summed E-state index contributed by atoms with van der Waals surface area (Å²) in [4.78, 5) is 23.6. The van der Waals surface area contributed by atoms with E-state index in [4.69, 9.17) is 14.2 Å². The third-order valence-corrected chi connectivity index (χ3v) is 2.57. The summed E-state index contributed by atoms with van der Waals surface area (Å²) in [6, 6.07) is 8.50. The number of nitrogens with one attached hydrogen (secondary N) is 1. The maximum absolute atomic E-state index is 11.8. The number of carbonyl (C=O) groups is 2. The van der Waals surface area contributed by atoms with Gasteiger partial charge >= 0.3 is 12.1 Å². The summed E-state index contributed by atoms with van der Waals surface area (Å²) in [6.45, 7) is 8.79. The van der Waals surface area contributed by atoms with Crippen LogP contribution in [0.25, 0.3) is 0 Å². The fourth-order valence-corrected chi connectivity index (χ4v) is 1.65. The van der Waals surface area contributed by atoms with Gasteiger partial charge in [-0.1, -0.05) is 36.9 Å². The highest BCUT2D eigenvalue weighted by Gasteiger charge is 2.25. The number of amides is 1. The van der Waals surface area contributed by atoms with Gasteiger partial charge in [0, 0.05) is 0 Å². The fraction of sp³-hybridized carbons (Fsp3) is 0.412. The number of carbonyl (C=O) groups excluding carboxylic acids is 2. The molecule has 0 heterocycles. The van der Waals surface area contributed by atoms with E-state index in [2.05, 4.69) is 11.9 Å². The molecule has 1 unspecified atom stereocenters. The maximum Gasteiger partial charge on any atom is 0.408 e. The van der Waals surface area contributed by atoms with Crippen LogP contribution >= 0.6 is 0 Å². The molecule has 1 atom stereocenters. The number of ether oxygens (including phenoxy) is 3. The van der Waals surface area contributed by atoms with Crippen molar-refractivity contribution in [2.45, 2.75) is 39.0 Å². The molecule has 1 rings (SSSR count). The minimum Gasteiger partial charge on any atom is -0.444 e. The molecule has 0 aliphatic carbocycles. The van der Waals surface area contributed by atoms with Gasteiger partial charge in [0.05, 0.1) is 19.5 Å². The number of hydrogen-bond donors (Lipinski definition) is 1. The van der Waals surface area contributed by atoms with Crippen LogP contribution in [0.15, 0.2) is 43.2 Å². The first-order valence-corrected chi connectivity index (χ1v) is 7.24. The Kier molecular flexibility index (Phi) is 7.28. The quantitative estimate of drug-likeness (QED) is 0.617. The standard InChI is InChI=1S/C17H23NO5/c1-5-22-15(19)14(18-16(20)23-17(2,3)4)12-21-11-13-9-7-6-8-10-13/h5-10,14H,1,11-12H2,2-4H3,(H,18,20). The Bertz CT molecular complexity index is 522.